The highest BCUT2D eigenvalue weighted by molar-refractivity contribution is 7.15. The largest absolute Gasteiger partial charge is 0.534 e. The van der Waals surface area contributed by atoms with Gasteiger partial charge in [0.15, 0.2) is 0 Å². The van der Waals surface area contributed by atoms with E-state index in [0.29, 0.717) is 11.7 Å². The van der Waals surface area contributed by atoms with Crippen molar-refractivity contribution in [1.82, 2.24) is 5.10 Å². The molecule has 2 aromatic rings. The van der Waals surface area contributed by atoms with Crippen LogP contribution in [0.5, 0.6) is 0 Å². The van der Waals surface area contributed by atoms with Crippen molar-refractivity contribution in [2.24, 2.45) is 0 Å². The summed E-state index contributed by atoms with van der Waals surface area (Å²) in [4.78, 5) is 11.9. The summed E-state index contributed by atoms with van der Waals surface area (Å²) in [5.74, 6) is 0.256. The van der Waals surface area contributed by atoms with Crippen LogP contribution in [0, 0.1) is 0 Å². The van der Waals surface area contributed by atoms with Crippen LogP contribution < -0.4 is 10.00 Å². The minimum Gasteiger partial charge on any atom is -0.430 e. The van der Waals surface area contributed by atoms with E-state index >= 15 is 0 Å². The number of anilines is 2. The summed E-state index contributed by atoms with van der Waals surface area (Å²) >= 11 is 1.46. The van der Waals surface area contributed by atoms with Gasteiger partial charge in [-0.15, -0.1) is 0 Å². The van der Waals surface area contributed by atoms with E-state index < -0.39 is 6.09 Å². The predicted octanol–water partition coefficient (Wildman–Crippen LogP) is 3.30. The Kier molecular flexibility index (Phi) is 4.68. The van der Waals surface area contributed by atoms with Crippen molar-refractivity contribution in [3.63, 3.8) is 0 Å². The van der Waals surface area contributed by atoms with Gasteiger partial charge >= 0.3 is 11.2 Å². The summed E-state index contributed by atoms with van der Waals surface area (Å²) in [6, 6.07) is 9.67. The number of rotatable bonds is 4. The Labute approximate surface area is 122 Å². The first-order valence-electron chi connectivity index (χ1n) is 6.54. The maximum atomic E-state index is 11.9. The maximum absolute atomic E-state index is 11.9. The number of carbonyl (C=O) groups excluding carboxylic acids is 1. The van der Waals surface area contributed by atoms with Crippen LogP contribution in [0.25, 0.3) is 0 Å². The van der Waals surface area contributed by atoms with E-state index in [9.17, 15) is 4.79 Å². The van der Waals surface area contributed by atoms with Crippen molar-refractivity contribution < 1.29 is 14.2 Å². The third kappa shape index (κ3) is 3.33. The predicted molar refractivity (Wildman–Crippen MR) is 78.5 cm³/mol. The molecule has 0 atom stereocenters. The number of para-hydroxylation sites is 1. The number of aromatic nitrogens is 2. The third-order valence-electron chi connectivity index (χ3n) is 2.55. The van der Waals surface area contributed by atoms with Crippen molar-refractivity contribution in [2.75, 3.05) is 11.9 Å². The number of hydrogen-bond donors (Lipinski definition) is 1. The second-order valence-electron chi connectivity index (χ2n) is 4.50. The van der Waals surface area contributed by atoms with E-state index in [4.69, 9.17) is 4.74 Å². The van der Waals surface area contributed by atoms with Gasteiger partial charge in [-0.1, -0.05) is 37.1 Å². The molecule has 1 N–H and O–H groups in total. The normalized spacial score (nSPS) is 10.6. The van der Waals surface area contributed by atoms with Gasteiger partial charge in [0.2, 0.25) is 0 Å². The van der Waals surface area contributed by atoms with E-state index in [1.165, 1.54) is 16.0 Å². The second-order valence-corrected chi connectivity index (χ2v) is 5.51. The lowest BCUT2D eigenvalue weighted by Crippen LogP contribution is -2.46. The fourth-order valence-electron chi connectivity index (χ4n) is 1.57. The lowest BCUT2D eigenvalue weighted by atomic mass is 10.2. The van der Waals surface area contributed by atoms with Crippen molar-refractivity contribution >= 4 is 28.2 Å². The molecule has 0 aliphatic rings. The fourth-order valence-corrected chi connectivity index (χ4v) is 2.50. The average molecular weight is 292 g/mol. The molecule has 6 heteroatoms. The topological polar surface area (TPSA) is 55.1 Å². The molecule has 1 heterocycles. The quantitative estimate of drug-likeness (QED) is 0.878. The molecule has 1 aromatic carbocycles. The van der Waals surface area contributed by atoms with Crippen molar-refractivity contribution in [1.29, 1.82) is 0 Å². The van der Waals surface area contributed by atoms with Gasteiger partial charge in [0.1, 0.15) is 10.7 Å². The molecule has 20 heavy (non-hydrogen) atoms. The molecule has 0 aliphatic carbocycles. The lowest BCUT2D eigenvalue weighted by Gasteiger charge is -1.98. The van der Waals surface area contributed by atoms with Gasteiger partial charge in [-0.3, -0.25) is 0 Å². The molecule has 2 rings (SSSR count). The molecular weight excluding hydrogens is 274 g/mol. The van der Waals surface area contributed by atoms with Crippen LogP contribution in [0.3, 0.4) is 0 Å². The molecule has 5 nitrogen and oxygen atoms in total. The molecule has 0 spiro atoms. The zero-order valence-electron chi connectivity index (χ0n) is 11.8. The minimum absolute atomic E-state index is 0.256. The Bertz CT molecular complexity index is 581. The first-order valence-corrected chi connectivity index (χ1v) is 7.35. The lowest BCUT2D eigenvalue weighted by molar-refractivity contribution is -0.629. The number of carbonyl (C=O) groups is 1. The van der Waals surface area contributed by atoms with Crippen LogP contribution in [0.15, 0.2) is 30.3 Å². The summed E-state index contributed by atoms with van der Waals surface area (Å²) < 4.78 is 6.32. The second kappa shape index (κ2) is 6.47. The molecule has 0 bridgehead atoms. The molecule has 0 saturated carbocycles. The smallest absolute Gasteiger partial charge is 0.430 e. The molecule has 106 valence electrons. The van der Waals surface area contributed by atoms with Crippen LogP contribution in [-0.2, 0) is 4.74 Å². The average Bonchev–Trinajstić information content (AvgIpc) is 2.84. The number of ether oxygens (including phenoxy) is 1. The Hall–Kier alpha value is -1.95. The zero-order valence-corrected chi connectivity index (χ0v) is 12.6. The summed E-state index contributed by atoms with van der Waals surface area (Å²) in [5, 5.41) is 9.06. The highest BCUT2D eigenvalue weighted by Gasteiger charge is 2.26. The van der Waals surface area contributed by atoms with Crippen molar-refractivity contribution in [3.8, 4) is 0 Å². The monoisotopic (exact) mass is 292 g/mol. The van der Waals surface area contributed by atoms with Crippen LogP contribution in [0.1, 0.15) is 31.7 Å². The third-order valence-corrected chi connectivity index (χ3v) is 3.78. The van der Waals surface area contributed by atoms with Gasteiger partial charge in [-0.25, -0.2) is 5.32 Å². The van der Waals surface area contributed by atoms with Crippen molar-refractivity contribution in [2.45, 2.75) is 26.7 Å². The molecule has 0 amide bonds. The molecule has 0 saturated heterocycles. The number of nitrogens with one attached hydrogen (secondary N) is 1. The molecule has 0 fully saturated rings. The number of benzene rings is 1. The Balaban J connectivity index is 2.32. The van der Waals surface area contributed by atoms with Gasteiger partial charge in [-0.05, 0) is 35.1 Å². The van der Waals surface area contributed by atoms with Gasteiger partial charge in [0.25, 0.3) is 0 Å². The van der Waals surface area contributed by atoms with Gasteiger partial charge < -0.3 is 4.74 Å². The van der Waals surface area contributed by atoms with E-state index in [-0.39, 0.29) is 5.92 Å². The van der Waals surface area contributed by atoms with Crippen LogP contribution >= 0.6 is 11.3 Å². The standard InChI is InChI=1S/C14H17N3O2S/c1-4-19-14(18)17-13(20-12(16-17)10(2)3)15-11-8-6-5-7-9-11/h5-10H,4H2,1-3H3/p+1. The van der Waals surface area contributed by atoms with Gasteiger partial charge in [0.05, 0.1) is 6.61 Å². The van der Waals surface area contributed by atoms with Crippen molar-refractivity contribution in [3.05, 3.63) is 35.3 Å². The number of nitrogens with zero attached hydrogens (tertiary/aromatic N) is 2. The van der Waals surface area contributed by atoms with Crippen LogP contribution in [0.4, 0.5) is 15.6 Å². The summed E-state index contributed by atoms with van der Waals surface area (Å²) in [7, 11) is 0. The van der Waals surface area contributed by atoms with Crippen LogP contribution in [0.2, 0.25) is 0 Å². The molecule has 0 unspecified atom stereocenters. The fraction of sp³-hybridized carbons (Fsp3) is 0.357. The molecule has 1 aromatic heterocycles. The first kappa shape index (κ1) is 14.5. The Morgan fingerprint density at radius 2 is 2.10 bits per heavy atom. The summed E-state index contributed by atoms with van der Waals surface area (Å²) in [5.41, 5.74) is 0.907. The maximum Gasteiger partial charge on any atom is 0.534 e. The van der Waals surface area contributed by atoms with E-state index in [2.05, 4.69) is 10.4 Å². The first-order chi connectivity index (χ1) is 9.61. The number of hydrogen-bond acceptors (Lipinski definition) is 5. The minimum atomic E-state index is -0.464. The van der Waals surface area contributed by atoms with E-state index in [1.807, 2.05) is 44.2 Å². The molecule has 0 radical (unpaired) electrons. The molecule has 0 aliphatic heterocycles. The van der Waals surface area contributed by atoms with E-state index in [0.717, 1.165) is 10.7 Å². The molecular formula is C14H18N3O2S+. The summed E-state index contributed by atoms with van der Waals surface area (Å²) in [6.45, 7) is 6.19. The van der Waals surface area contributed by atoms with E-state index in [1.54, 1.807) is 6.92 Å². The van der Waals surface area contributed by atoms with Gasteiger partial charge in [-0.2, -0.15) is 4.79 Å². The highest BCUT2D eigenvalue weighted by Crippen LogP contribution is 2.24. The Morgan fingerprint density at radius 1 is 1.40 bits per heavy atom. The van der Waals surface area contributed by atoms with Gasteiger partial charge in [0, 0.05) is 5.92 Å². The zero-order chi connectivity index (χ0) is 14.5. The van der Waals surface area contributed by atoms with Crippen LogP contribution in [-0.4, -0.2) is 17.8 Å². The summed E-state index contributed by atoms with van der Waals surface area (Å²) in [6.07, 6.45) is -0.464. The Morgan fingerprint density at radius 3 is 2.70 bits per heavy atom. The highest BCUT2D eigenvalue weighted by atomic mass is 32.1. The SMILES string of the molecule is CCOC(=O)[n+]1nc(C(C)C)sc1Nc1ccccc1.